The minimum Gasteiger partial charge on any atom is -0.376 e. The van der Waals surface area contributed by atoms with Gasteiger partial charge in [0, 0.05) is 24.7 Å². The maximum atomic E-state index is 5.91. The molecule has 1 N–H and O–H groups in total. The lowest BCUT2D eigenvalue weighted by Gasteiger charge is -2.49. The highest BCUT2D eigenvalue weighted by Gasteiger charge is 2.38. The fourth-order valence-corrected chi connectivity index (χ4v) is 4.40. The monoisotopic (exact) mass is 296 g/mol. The molecular weight excluding hydrogens is 260 g/mol. The third-order valence-corrected chi connectivity index (χ3v) is 5.50. The summed E-state index contributed by atoms with van der Waals surface area (Å²) in [5.74, 6) is 0.936. The second-order valence-corrected chi connectivity index (χ2v) is 7.10. The zero-order chi connectivity index (χ0) is 15.2. The lowest BCUT2D eigenvalue weighted by molar-refractivity contribution is -0.0861. The number of hydrogen-bond donors (Lipinski definition) is 1. The molecule has 2 rings (SSSR count). The molecule has 5 unspecified atom stereocenters. The number of nitrogens with zero attached hydrogens (tertiary/aromatic N) is 1. The van der Waals surface area contributed by atoms with Crippen molar-refractivity contribution in [1.29, 1.82) is 0 Å². The normalized spacial score (nSPS) is 38.6. The maximum absolute atomic E-state index is 5.91. The van der Waals surface area contributed by atoms with Crippen LogP contribution in [0.25, 0.3) is 0 Å². The predicted octanol–water partition coefficient (Wildman–Crippen LogP) is 3.43. The lowest BCUT2D eigenvalue weighted by atomic mass is 9.78. The molecule has 0 aromatic heterocycles. The molecule has 0 bridgehead atoms. The van der Waals surface area contributed by atoms with Gasteiger partial charge in [-0.05, 0) is 45.1 Å². The van der Waals surface area contributed by atoms with Crippen molar-refractivity contribution >= 4 is 0 Å². The summed E-state index contributed by atoms with van der Waals surface area (Å²) in [6.45, 7) is 12.2. The molecule has 1 heterocycles. The molecule has 0 aromatic carbocycles. The highest BCUT2D eigenvalue weighted by molar-refractivity contribution is 4.95. The van der Waals surface area contributed by atoms with E-state index in [9.17, 15) is 0 Å². The molecule has 21 heavy (non-hydrogen) atoms. The molecule has 0 amide bonds. The first-order valence-electron chi connectivity index (χ1n) is 9.30. The van der Waals surface area contributed by atoms with Crippen LogP contribution < -0.4 is 5.32 Å². The second kappa shape index (κ2) is 8.50. The Labute approximate surface area is 131 Å². The molecule has 2 fully saturated rings. The van der Waals surface area contributed by atoms with Gasteiger partial charge in [-0.3, -0.25) is 4.90 Å². The standard InChI is InChI=1S/C18H36N2O/c1-5-8-15-9-10-17(19-7-3)18(11-15)20-12-14(4)21-13-16(20)6-2/h14-19H,5-13H2,1-4H3. The van der Waals surface area contributed by atoms with Crippen LogP contribution in [0.3, 0.4) is 0 Å². The Hall–Kier alpha value is -0.120. The Balaban J connectivity index is 2.08. The van der Waals surface area contributed by atoms with Gasteiger partial charge in [0.05, 0.1) is 12.7 Å². The summed E-state index contributed by atoms with van der Waals surface area (Å²) >= 11 is 0. The highest BCUT2D eigenvalue weighted by Crippen LogP contribution is 2.33. The van der Waals surface area contributed by atoms with E-state index in [1.165, 1.54) is 38.5 Å². The lowest BCUT2D eigenvalue weighted by Crippen LogP contribution is -2.60. The van der Waals surface area contributed by atoms with Gasteiger partial charge in [0.1, 0.15) is 0 Å². The van der Waals surface area contributed by atoms with E-state index in [0.717, 1.165) is 25.6 Å². The third-order valence-electron chi connectivity index (χ3n) is 5.50. The zero-order valence-corrected chi connectivity index (χ0v) is 14.6. The molecule has 5 atom stereocenters. The predicted molar refractivity (Wildman–Crippen MR) is 89.7 cm³/mol. The molecule has 2 aliphatic rings. The molecule has 3 nitrogen and oxygen atoms in total. The van der Waals surface area contributed by atoms with E-state index < -0.39 is 0 Å². The molecule has 0 radical (unpaired) electrons. The summed E-state index contributed by atoms with van der Waals surface area (Å²) in [4.78, 5) is 2.79. The molecule has 124 valence electrons. The van der Waals surface area contributed by atoms with Crippen LogP contribution in [0.2, 0.25) is 0 Å². The SMILES string of the molecule is CCCC1CCC(NCC)C(N2CC(C)OCC2CC)C1. The van der Waals surface area contributed by atoms with Gasteiger partial charge in [-0.1, -0.05) is 33.6 Å². The first-order chi connectivity index (χ1) is 10.2. The van der Waals surface area contributed by atoms with Crippen molar-refractivity contribution in [3.63, 3.8) is 0 Å². The van der Waals surface area contributed by atoms with Crippen LogP contribution in [0, 0.1) is 5.92 Å². The summed E-state index contributed by atoms with van der Waals surface area (Å²) in [6, 6.07) is 2.02. The van der Waals surface area contributed by atoms with Gasteiger partial charge < -0.3 is 10.1 Å². The largest absolute Gasteiger partial charge is 0.376 e. The van der Waals surface area contributed by atoms with Crippen LogP contribution in [-0.4, -0.2) is 48.8 Å². The van der Waals surface area contributed by atoms with Gasteiger partial charge >= 0.3 is 0 Å². The fraction of sp³-hybridized carbons (Fsp3) is 1.00. The maximum Gasteiger partial charge on any atom is 0.0674 e. The molecular formula is C18H36N2O. The van der Waals surface area contributed by atoms with Crippen LogP contribution in [0.5, 0.6) is 0 Å². The van der Waals surface area contributed by atoms with Gasteiger partial charge in [0.25, 0.3) is 0 Å². The first kappa shape index (κ1) is 17.2. The van der Waals surface area contributed by atoms with Crippen molar-refractivity contribution < 1.29 is 4.74 Å². The first-order valence-corrected chi connectivity index (χ1v) is 9.30. The van der Waals surface area contributed by atoms with Gasteiger partial charge in [-0.2, -0.15) is 0 Å². The Morgan fingerprint density at radius 1 is 1.19 bits per heavy atom. The summed E-state index contributed by atoms with van der Waals surface area (Å²) < 4.78 is 5.91. The number of ether oxygens (including phenoxy) is 1. The molecule has 0 spiro atoms. The molecule has 1 saturated heterocycles. The van der Waals surface area contributed by atoms with Crippen molar-refractivity contribution in [3.8, 4) is 0 Å². The van der Waals surface area contributed by atoms with Crippen LogP contribution in [0.15, 0.2) is 0 Å². The summed E-state index contributed by atoms with van der Waals surface area (Å²) in [6.07, 6.45) is 8.49. The van der Waals surface area contributed by atoms with E-state index in [4.69, 9.17) is 4.74 Å². The molecule has 1 aliphatic heterocycles. The Kier molecular flexibility index (Phi) is 6.97. The van der Waals surface area contributed by atoms with Gasteiger partial charge in [-0.25, -0.2) is 0 Å². The molecule has 3 heteroatoms. The van der Waals surface area contributed by atoms with E-state index in [1.807, 2.05) is 0 Å². The van der Waals surface area contributed by atoms with E-state index in [2.05, 4.69) is 37.9 Å². The third kappa shape index (κ3) is 4.43. The summed E-state index contributed by atoms with van der Waals surface area (Å²) in [5, 5.41) is 3.77. The minimum atomic E-state index is 0.390. The van der Waals surface area contributed by atoms with Gasteiger partial charge in [-0.15, -0.1) is 0 Å². The minimum absolute atomic E-state index is 0.390. The molecule has 0 aromatic rings. The number of nitrogens with one attached hydrogen (secondary N) is 1. The van der Waals surface area contributed by atoms with Crippen LogP contribution in [0.4, 0.5) is 0 Å². The summed E-state index contributed by atoms with van der Waals surface area (Å²) in [5.41, 5.74) is 0. The van der Waals surface area contributed by atoms with E-state index in [-0.39, 0.29) is 0 Å². The number of rotatable bonds is 6. The van der Waals surface area contributed by atoms with Crippen LogP contribution >= 0.6 is 0 Å². The molecule has 1 aliphatic carbocycles. The Bertz CT molecular complexity index is 297. The summed E-state index contributed by atoms with van der Waals surface area (Å²) in [7, 11) is 0. The van der Waals surface area contributed by atoms with Crippen LogP contribution in [0.1, 0.15) is 66.2 Å². The van der Waals surface area contributed by atoms with Crippen LogP contribution in [-0.2, 0) is 4.74 Å². The van der Waals surface area contributed by atoms with Crippen molar-refractivity contribution in [2.24, 2.45) is 5.92 Å². The number of morpholine rings is 1. The Morgan fingerprint density at radius 3 is 2.67 bits per heavy atom. The molecule has 1 saturated carbocycles. The van der Waals surface area contributed by atoms with Gasteiger partial charge in [0.15, 0.2) is 0 Å². The number of hydrogen-bond acceptors (Lipinski definition) is 3. The van der Waals surface area contributed by atoms with Gasteiger partial charge in [0.2, 0.25) is 0 Å². The zero-order valence-electron chi connectivity index (χ0n) is 14.6. The quantitative estimate of drug-likeness (QED) is 0.812. The van der Waals surface area contributed by atoms with E-state index in [0.29, 0.717) is 24.2 Å². The average molecular weight is 296 g/mol. The van der Waals surface area contributed by atoms with Crippen molar-refractivity contribution in [2.45, 2.75) is 90.4 Å². The van der Waals surface area contributed by atoms with Crippen molar-refractivity contribution in [3.05, 3.63) is 0 Å². The second-order valence-electron chi connectivity index (χ2n) is 7.10. The topological polar surface area (TPSA) is 24.5 Å². The number of likely N-dealkylation sites (N-methyl/N-ethyl adjacent to an activating group) is 1. The Morgan fingerprint density at radius 2 is 2.00 bits per heavy atom. The van der Waals surface area contributed by atoms with Crippen molar-refractivity contribution in [1.82, 2.24) is 10.2 Å². The van der Waals surface area contributed by atoms with E-state index >= 15 is 0 Å². The van der Waals surface area contributed by atoms with Crippen molar-refractivity contribution in [2.75, 3.05) is 19.7 Å². The highest BCUT2D eigenvalue weighted by atomic mass is 16.5. The fourth-order valence-electron chi connectivity index (χ4n) is 4.40. The average Bonchev–Trinajstić information content (AvgIpc) is 2.49. The van der Waals surface area contributed by atoms with E-state index in [1.54, 1.807) is 0 Å². The smallest absolute Gasteiger partial charge is 0.0674 e.